The van der Waals surface area contributed by atoms with Gasteiger partial charge in [0, 0.05) is 0 Å². The van der Waals surface area contributed by atoms with Crippen LogP contribution in [0.25, 0.3) is 10.2 Å². The zero-order chi connectivity index (χ0) is 9.42. The molecule has 3 nitrogen and oxygen atoms in total. The molecule has 0 aliphatic rings. The van der Waals surface area contributed by atoms with Crippen molar-refractivity contribution in [2.75, 3.05) is 12.8 Å². The summed E-state index contributed by atoms with van der Waals surface area (Å²) in [7, 11) is 1.66. The van der Waals surface area contributed by atoms with Crippen molar-refractivity contribution in [3.63, 3.8) is 0 Å². The highest BCUT2D eigenvalue weighted by atomic mass is 32.1. The van der Waals surface area contributed by atoms with Crippen LogP contribution in [0.3, 0.4) is 0 Å². The lowest BCUT2D eigenvalue weighted by molar-refractivity contribution is 0.415. The summed E-state index contributed by atoms with van der Waals surface area (Å²) in [5, 5.41) is 0.603. The molecule has 0 bridgehead atoms. The number of anilines is 1. The molecule has 0 unspecified atom stereocenters. The maximum Gasteiger partial charge on any atom is 0.181 e. The summed E-state index contributed by atoms with van der Waals surface area (Å²) in [4.78, 5) is 4.23. The Kier molecular flexibility index (Phi) is 1.84. The monoisotopic (exact) mass is 194 g/mol. The molecule has 1 aromatic heterocycles. The van der Waals surface area contributed by atoms with E-state index in [0.29, 0.717) is 5.13 Å². The van der Waals surface area contributed by atoms with Crippen LogP contribution < -0.4 is 10.5 Å². The third kappa shape index (κ3) is 1.33. The number of hydrogen-bond acceptors (Lipinski definition) is 4. The molecule has 0 fully saturated rings. The van der Waals surface area contributed by atoms with Gasteiger partial charge in [-0.05, 0) is 24.6 Å². The highest BCUT2D eigenvalue weighted by molar-refractivity contribution is 7.22. The fourth-order valence-corrected chi connectivity index (χ4v) is 2.14. The van der Waals surface area contributed by atoms with E-state index >= 15 is 0 Å². The minimum absolute atomic E-state index is 0.603. The molecule has 0 radical (unpaired) electrons. The minimum atomic E-state index is 0.603. The van der Waals surface area contributed by atoms with E-state index < -0.39 is 0 Å². The number of nitrogens with two attached hydrogens (primary N) is 1. The first-order valence-electron chi connectivity index (χ1n) is 3.91. The van der Waals surface area contributed by atoms with Gasteiger partial charge in [0.1, 0.15) is 5.75 Å². The average molecular weight is 194 g/mol. The Morgan fingerprint density at radius 2 is 2.23 bits per heavy atom. The number of aromatic nitrogens is 1. The zero-order valence-electron chi connectivity index (χ0n) is 7.50. The van der Waals surface area contributed by atoms with Crippen molar-refractivity contribution in [3.8, 4) is 5.75 Å². The van der Waals surface area contributed by atoms with Crippen LogP contribution in [-0.4, -0.2) is 12.1 Å². The van der Waals surface area contributed by atoms with Gasteiger partial charge in [0.05, 0.1) is 17.3 Å². The van der Waals surface area contributed by atoms with Gasteiger partial charge in [0.15, 0.2) is 5.13 Å². The van der Waals surface area contributed by atoms with E-state index in [1.807, 2.05) is 19.1 Å². The van der Waals surface area contributed by atoms with Crippen LogP contribution in [0.1, 0.15) is 5.56 Å². The van der Waals surface area contributed by atoms with Gasteiger partial charge in [-0.15, -0.1) is 0 Å². The summed E-state index contributed by atoms with van der Waals surface area (Å²) in [6.45, 7) is 2.00. The standard InChI is InChI=1S/C9H10N2OS/c1-5-3-6(12-2)4-7-8(5)11-9(10)13-7/h3-4H,1-2H3,(H2,10,11). The van der Waals surface area contributed by atoms with Crippen LogP contribution in [0, 0.1) is 6.92 Å². The van der Waals surface area contributed by atoms with E-state index in [2.05, 4.69) is 4.98 Å². The predicted octanol–water partition coefficient (Wildman–Crippen LogP) is 2.20. The van der Waals surface area contributed by atoms with Gasteiger partial charge < -0.3 is 10.5 Å². The topological polar surface area (TPSA) is 48.1 Å². The third-order valence-electron chi connectivity index (χ3n) is 1.91. The Hall–Kier alpha value is -1.29. The van der Waals surface area contributed by atoms with Crippen molar-refractivity contribution < 1.29 is 4.74 Å². The molecule has 0 spiro atoms. The molecule has 0 aliphatic heterocycles. The molecule has 0 atom stereocenters. The van der Waals surface area contributed by atoms with Crippen molar-refractivity contribution in [3.05, 3.63) is 17.7 Å². The van der Waals surface area contributed by atoms with Crippen molar-refractivity contribution in [1.82, 2.24) is 4.98 Å². The number of rotatable bonds is 1. The summed E-state index contributed by atoms with van der Waals surface area (Å²) in [5.74, 6) is 0.855. The van der Waals surface area contributed by atoms with Crippen molar-refractivity contribution in [1.29, 1.82) is 0 Å². The summed E-state index contributed by atoms with van der Waals surface area (Å²) in [6, 6.07) is 3.91. The quantitative estimate of drug-likeness (QED) is 0.757. The van der Waals surface area contributed by atoms with E-state index in [1.165, 1.54) is 11.3 Å². The van der Waals surface area contributed by atoms with Crippen molar-refractivity contribution >= 4 is 26.7 Å². The average Bonchev–Trinajstić information content (AvgIpc) is 2.46. The van der Waals surface area contributed by atoms with Gasteiger partial charge >= 0.3 is 0 Å². The summed E-state index contributed by atoms with van der Waals surface area (Å²) in [5.41, 5.74) is 7.69. The Bertz CT molecular complexity index is 450. The molecule has 1 aromatic carbocycles. The number of hydrogen-bond donors (Lipinski definition) is 1. The van der Waals surface area contributed by atoms with Crippen molar-refractivity contribution in [2.45, 2.75) is 6.92 Å². The lowest BCUT2D eigenvalue weighted by atomic mass is 10.2. The van der Waals surface area contributed by atoms with Crippen LogP contribution in [0.4, 0.5) is 5.13 Å². The fourth-order valence-electron chi connectivity index (χ4n) is 1.30. The Morgan fingerprint density at radius 1 is 1.46 bits per heavy atom. The molecule has 0 saturated carbocycles. The molecular formula is C9H10N2OS. The summed E-state index contributed by atoms with van der Waals surface area (Å²) in [6.07, 6.45) is 0. The van der Waals surface area contributed by atoms with Gasteiger partial charge in [0.25, 0.3) is 0 Å². The Morgan fingerprint density at radius 3 is 2.92 bits per heavy atom. The zero-order valence-corrected chi connectivity index (χ0v) is 8.31. The first kappa shape index (κ1) is 8.31. The second kappa shape index (κ2) is 2.88. The molecule has 0 saturated heterocycles. The predicted molar refractivity (Wildman–Crippen MR) is 55.3 cm³/mol. The number of nitrogen functional groups attached to an aromatic ring is 1. The summed E-state index contributed by atoms with van der Waals surface area (Å²) >= 11 is 1.48. The number of thiazole rings is 1. The third-order valence-corrected chi connectivity index (χ3v) is 2.74. The molecule has 2 aromatic rings. The number of methoxy groups -OCH3 is 1. The molecule has 68 valence electrons. The molecule has 13 heavy (non-hydrogen) atoms. The maximum atomic E-state index is 5.62. The molecule has 4 heteroatoms. The molecule has 0 aliphatic carbocycles. The maximum absolute atomic E-state index is 5.62. The lowest BCUT2D eigenvalue weighted by Crippen LogP contribution is -1.84. The van der Waals surface area contributed by atoms with Gasteiger partial charge in [-0.1, -0.05) is 11.3 Å². The van der Waals surface area contributed by atoms with Crippen LogP contribution in [0.5, 0.6) is 5.75 Å². The van der Waals surface area contributed by atoms with Gasteiger partial charge in [0.2, 0.25) is 0 Å². The van der Waals surface area contributed by atoms with Gasteiger partial charge in [-0.25, -0.2) is 4.98 Å². The van der Waals surface area contributed by atoms with Gasteiger partial charge in [-0.2, -0.15) is 0 Å². The molecule has 0 amide bonds. The van der Waals surface area contributed by atoms with Gasteiger partial charge in [-0.3, -0.25) is 0 Å². The second-order valence-electron chi connectivity index (χ2n) is 2.84. The van der Waals surface area contributed by atoms with E-state index in [1.54, 1.807) is 7.11 Å². The highest BCUT2D eigenvalue weighted by Gasteiger charge is 2.05. The molecule has 1 heterocycles. The Labute approximate surface area is 80.2 Å². The minimum Gasteiger partial charge on any atom is -0.497 e. The van der Waals surface area contributed by atoms with E-state index in [0.717, 1.165) is 21.5 Å². The smallest absolute Gasteiger partial charge is 0.181 e. The molecule has 2 rings (SSSR count). The number of ether oxygens (including phenoxy) is 1. The first-order chi connectivity index (χ1) is 6.20. The Balaban J connectivity index is 2.75. The van der Waals surface area contributed by atoms with Crippen LogP contribution >= 0.6 is 11.3 Å². The largest absolute Gasteiger partial charge is 0.497 e. The number of fused-ring (bicyclic) bond motifs is 1. The number of aryl methyl sites for hydroxylation is 1. The molecule has 2 N–H and O–H groups in total. The SMILES string of the molecule is COc1cc(C)c2nc(N)sc2c1. The van der Waals surface area contributed by atoms with E-state index in [4.69, 9.17) is 10.5 Å². The number of nitrogens with zero attached hydrogens (tertiary/aromatic N) is 1. The van der Waals surface area contributed by atoms with Crippen LogP contribution in [0.15, 0.2) is 12.1 Å². The van der Waals surface area contributed by atoms with Crippen LogP contribution in [0.2, 0.25) is 0 Å². The fraction of sp³-hybridized carbons (Fsp3) is 0.222. The normalized spacial score (nSPS) is 10.6. The molecular weight excluding hydrogens is 184 g/mol. The highest BCUT2D eigenvalue weighted by Crippen LogP contribution is 2.30. The number of benzene rings is 1. The lowest BCUT2D eigenvalue weighted by Gasteiger charge is -2.00. The van der Waals surface area contributed by atoms with E-state index in [-0.39, 0.29) is 0 Å². The van der Waals surface area contributed by atoms with E-state index in [9.17, 15) is 0 Å². The second-order valence-corrected chi connectivity index (χ2v) is 3.91. The summed E-state index contributed by atoms with van der Waals surface area (Å²) < 4.78 is 6.23. The van der Waals surface area contributed by atoms with Crippen molar-refractivity contribution in [2.24, 2.45) is 0 Å². The first-order valence-corrected chi connectivity index (χ1v) is 4.73. The van der Waals surface area contributed by atoms with Crippen LogP contribution in [-0.2, 0) is 0 Å².